The van der Waals surface area contributed by atoms with Gasteiger partial charge in [0.15, 0.2) is 0 Å². The second kappa shape index (κ2) is 7.66. The Morgan fingerprint density at radius 1 is 0.944 bits per heavy atom. The zero-order valence-corrected chi connectivity index (χ0v) is 11.7. The molecule has 0 saturated carbocycles. The number of aldehydes is 1. The first kappa shape index (κ1) is 14.5. The molecular weight excluding hydrogens is 293 g/mol. The van der Waals surface area contributed by atoms with Crippen molar-refractivity contribution in [1.82, 2.24) is 0 Å². The Morgan fingerprint density at radius 2 is 1.39 bits per heavy atom. The van der Waals surface area contributed by atoms with Crippen LogP contribution in [-0.2, 0) is 0 Å². The van der Waals surface area contributed by atoms with Crippen molar-refractivity contribution in [3.05, 3.63) is 54.1 Å². The zero-order chi connectivity index (χ0) is 13.4. The molecule has 0 unspecified atom stereocenters. The van der Waals surface area contributed by atoms with Crippen molar-refractivity contribution in [3.63, 3.8) is 0 Å². The van der Waals surface area contributed by atoms with E-state index in [1.807, 2.05) is 48.5 Å². The number of hydrogen-bond acceptors (Lipinski definition) is 3. The van der Waals surface area contributed by atoms with E-state index in [0.717, 1.165) is 30.2 Å². The fourth-order valence-corrected chi connectivity index (χ4v) is 1.77. The Morgan fingerprint density at radius 3 is 1.78 bits per heavy atom. The number of carbonyl (C=O) groups is 1. The van der Waals surface area contributed by atoms with Crippen LogP contribution in [0.5, 0.6) is 0 Å². The molecule has 2 rings (SSSR count). The van der Waals surface area contributed by atoms with Crippen molar-refractivity contribution in [2.45, 2.75) is 0 Å². The summed E-state index contributed by atoms with van der Waals surface area (Å²) >= 11 is 2.74. The molecule has 0 fully saturated rings. The fraction of sp³-hybridized carbons (Fsp3) is 0.0714. The first-order valence-corrected chi connectivity index (χ1v) is 6.17. The van der Waals surface area contributed by atoms with Gasteiger partial charge in [-0.1, -0.05) is 0 Å². The number of nitrogens with one attached hydrogen (secondary N) is 1. The summed E-state index contributed by atoms with van der Waals surface area (Å²) in [5, 5.41) is 7.00. The molecule has 2 N–H and O–H groups in total. The molecule has 4 heteroatoms. The molecule has 0 aliphatic rings. The Bertz CT molecular complexity index is 480. The van der Waals surface area contributed by atoms with Crippen LogP contribution in [-0.4, -0.2) is 34.7 Å². The molecular formula is C14H14NO2Se. The normalized spacial score (nSPS) is 9.06. The number of anilines is 1. The second-order valence-electron chi connectivity index (χ2n) is 3.42. The van der Waals surface area contributed by atoms with Gasteiger partial charge in [-0.15, -0.1) is 0 Å². The van der Waals surface area contributed by atoms with E-state index in [9.17, 15) is 4.79 Å². The van der Waals surface area contributed by atoms with Gasteiger partial charge in [0.25, 0.3) is 0 Å². The first-order valence-electron chi connectivity index (χ1n) is 5.32. The van der Waals surface area contributed by atoms with Crippen LogP contribution in [0.3, 0.4) is 0 Å². The molecule has 1 radical (unpaired) electrons. The molecule has 0 aromatic heterocycles. The van der Waals surface area contributed by atoms with Crippen molar-refractivity contribution < 1.29 is 9.90 Å². The molecule has 0 aliphatic heterocycles. The number of benzene rings is 2. The van der Waals surface area contributed by atoms with E-state index < -0.39 is 0 Å². The van der Waals surface area contributed by atoms with Gasteiger partial charge in [-0.2, -0.15) is 0 Å². The summed E-state index contributed by atoms with van der Waals surface area (Å²) in [6, 6.07) is 15.6. The van der Waals surface area contributed by atoms with E-state index in [-0.39, 0.29) is 0 Å². The van der Waals surface area contributed by atoms with Gasteiger partial charge in [0.05, 0.1) is 0 Å². The van der Waals surface area contributed by atoms with Crippen molar-refractivity contribution in [1.29, 1.82) is 0 Å². The number of aliphatic hydroxyl groups is 1. The number of aliphatic hydroxyl groups excluding tert-OH is 1. The Labute approximate surface area is 115 Å². The number of hydrogen-bond donors (Lipinski definition) is 2. The van der Waals surface area contributed by atoms with Crippen LogP contribution in [0, 0.1) is 0 Å². The van der Waals surface area contributed by atoms with Gasteiger partial charge < -0.3 is 5.11 Å². The SMILES string of the molecule is CO.O=Cc1ccc(-c2ccc(N[Se])cc2)cc1. The van der Waals surface area contributed by atoms with Gasteiger partial charge in [-0.3, -0.25) is 0 Å². The summed E-state index contributed by atoms with van der Waals surface area (Å²) in [7, 11) is 1.00. The van der Waals surface area contributed by atoms with E-state index in [1.165, 1.54) is 0 Å². The van der Waals surface area contributed by atoms with E-state index in [4.69, 9.17) is 5.11 Å². The second-order valence-corrected chi connectivity index (χ2v) is 3.85. The summed E-state index contributed by atoms with van der Waals surface area (Å²) in [6.07, 6.45) is 0.851. The predicted octanol–water partition coefficient (Wildman–Crippen LogP) is 2.27. The van der Waals surface area contributed by atoms with Crippen LogP contribution >= 0.6 is 0 Å². The summed E-state index contributed by atoms with van der Waals surface area (Å²) < 4.78 is 2.95. The van der Waals surface area contributed by atoms with Gasteiger partial charge in [0.1, 0.15) is 0 Å². The Balaban J connectivity index is 0.000000771. The Kier molecular flexibility index (Phi) is 6.15. The minimum absolute atomic E-state index is 0.699. The van der Waals surface area contributed by atoms with Crippen molar-refractivity contribution in [2.24, 2.45) is 0 Å². The fourth-order valence-electron chi connectivity index (χ4n) is 1.48. The van der Waals surface area contributed by atoms with Gasteiger partial charge >= 0.3 is 103 Å². The predicted molar refractivity (Wildman–Crippen MR) is 74.8 cm³/mol. The summed E-state index contributed by atoms with van der Waals surface area (Å²) in [6.45, 7) is 0. The minimum atomic E-state index is 0.699. The van der Waals surface area contributed by atoms with Crippen LogP contribution < -0.4 is 4.33 Å². The third kappa shape index (κ3) is 3.70. The van der Waals surface area contributed by atoms with Crippen molar-refractivity contribution in [2.75, 3.05) is 11.4 Å². The average molecular weight is 307 g/mol. The monoisotopic (exact) mass is 308 g/mol. The molecule has 0 heterocycles. The molecule has 2 aromatic rings. The molecule has 93 valence electrons. The summed E-state index contributed by atoms with van der Waals surface area (Å²) in [4.78, 5) is 10.5. The topological polar surface area (TPSA) is 49.3 Å². The summed E-state index contributed by atoms with van der Waals surface area (Å²) in [5.74, 6) is 0. The average Bonchev–Trinajstić information content (AvgIpc) is 2.49. The van der Waals surface area contributed by atoms with Crippen LogP contribution in [0.4, 0.5) is 5.69 Å². The van der Waals surface area contributed by atoms with Crippen molar-refractivity contribution >= 4 is 28.2 Å². The first-order chi connectivity index (χ1) is 8.83. The van der Waals surface area contributed by atoms with Gasteiger partial charge in [0.2, 0.25) is 0 Å². The van der Waals surface area contributed by atoms with E-state index in [2.05, 4.69) is 20.6 Å². The van der Waals surface area contributed by atoms with E-state index >= 15 is 0 Å². The van der Waals surface area contributed by atoms with Gasteiger partial charge in [-0.25, -0.2) is 0 Å². The third-order valence-electron chi connectivity index (χ3n) is 2.38. The quantitative estimate of drug-likeness (QED) is 0.675. The number of rotatable bonds is 3. The maximum atomic E-state index is 10.5. The molecule has 3 nitrogen and oxygen atoms in total. The molecule has 0 atom stereocenters. The van der Waals surface area contributed by atoms with Crippen LogP contribution in [0.25, 0.3) is 11.1 Å². The van der Waals surface area contributed by atoms with Gasteiger partial charge in [-0.05, 0) is 0 Å². The van der Waals surface area contributed by atoms with Crippen LogP contribution in [0.15, 0.2) is 48.5 Å². The van der Waals surface area contributed by atoms with E-state index in [0.29, 0.717) is 5.56 Å². The van der Waals surface area contributed by atoms with Gasteiger partial charge in [0, 0.05) is 7.11 Å². The summed E-state index contributed by atoms with van der Waals surface area (Å²) in [5.41, 5.74) is 3.98. The van der Waals surface area contributed by atoms with Crippen LogP contribution in [0.2, 0.25) is 0 Å². The molecule has 0 saturated heterocycles. The van der Waals surface area contributed by atoms with E-state index in [1.54, 1.807) is 0 Å². The molecule has 0 bridgehead atoms. The number of carbonyl (C=O) groups excluding carboxylic acids is 1. The molecule has 0 amide bonds. The van der Waals surface area contributed by atoms with Crippen LogP contribution in [0.1, 0.15) is 10.4 Å². The molecule has 0 aliphatic carbocycles. The zero-order valence-electron chi connectivity index (χ0n) is 9.96. The molecule has 2 aromatic carbocycles. The molecule has 0 spiro atoms. The standard InChI is InChI=1S/C13H10NOSe.CH4O/c15-9-10-1-3-11(4-2-10)12-5-7-13(14-16)8-6-12;1-2/h1-9,14H;2H,1H3. The molecule has 18 heavy (non-hydrogen) atoms. The maximum absolute atomic E-state index is 10.5. The third-order valence-corrected chi connectivity index (χ3v) is 2.88. The Hall–Kier alpha value is -1.61. The van der Waals surface area contributed by atoms with Crippen molar-refractivity contribution in [3.8, 4) is 11.1 Å².